The molecule has 0 saturated heterocycles. The molecule has 0 radical (unpaired) electrons. The molecule has 0 unspecified atom stereocenters. The molecule has 7 heteroatoms. The minimum atomic E-state index is -0.284. The van der Waals surface area contributed by atoms with E-state index in [-0.39, 0.29) is 11.3 Å². The average molecular weight is 351 g/mol. The maximum Gasteiger partial charge on any atom is 0.228 e. The minimum Gasteiger partial charge on any atom is -0.355 e. The number of aromatic nitrogens is 4. The van der Waals surface area contributed by atoms with Gasteiger partial charge in [0.25, 0.3) is 0 Å². The zero-order valence-electron chi connectivity index (χ0n) is 14.5. The molecule has 1 fully saturated rings. The normalized spacial score (nSPS) is 14.9. The van der Waals surface area contributed by atoms with Crippen molar-refractivity contribution in [3.05, 3.63) is 66.3 Å². The van der Waals surface area contributed by atoms with Crippen LogP contribution in [0.15, 0.2) is 53.6 Å². The van der Waals surface area contributed by atoms with E-state index in [0.717, 1.165) is 18.4 Å². The summed E-state index contributed by atoms with van der Waals surface area (Å²) < 4.78 is 7.24. The molecule has 1 saturated carbocycles. The van der Waals surface area contributed by atoms with Gasteiger partial charge in [-0.2, -0.15) is 4.98 Å². The lowest BCUT2D eigenvalue weighted by atomic mass is 10.1. The van der Waals surface area contributed by atoms with Crippen LogP contribution < -0.4 is 5.32 Å². The molecule has 0 spiro atoms. The number of benzene rings is 1. The third kappa shape index (κ3) is 3.82. The Morgan fingerprint density at radius 1 is 1.27 bits per heavy atom. The summed E-state index contributed by atoms with van der Waals surface area (Å²) >= 11 is 0. The van der Waals surface area contributed by atoms with Crippen molar-refractivity contribution in [2.75, 3.05) is 6.54 Å². The summed E-state index contributed by atoms with van der Waals surface area (Å²) in [5.41, 5.74) is 0.858. The zero-order chi connectivity index (χ0) is 17.8. The van der Waals surface area contributed by atoms with Gasteiger partial charge in [-0.3, -0.25) is 4.79 Å². The van der Waals surface area contributed by atoms with Crippen molar-refractivity contribution in [3.8, 4) is 0 Å². The van der Waals surface area contributed by atoms with Crippen LogP contribution in [0.3, 0.4) is 0 Å². The number of amides is 1. The van der Waals surface area contributed by atoms with Crippen LogP contribution in [0, 0.1) is 5.41 Å². The van der Waals surface area contributed by atoms with Crippen molar-refractivity contribution in [2.24, 2.45) is 5.41 Å². The number of nitrogens with one attached hydrogen (secondary N) is 1. The molecule has 2 aromatic heterocycles. The lowest BCUT2D eigenvalue weighted by Crippen LogP contribution is -2.35. The molecular formula is C19H21N5O2. The predicted molar refractivity (Wildman–Crippen MR) is 94.2 cm³/mol. The summed E-state index contributed by atoms with van der Waals surface area (Å²) in [6.45, 7) is 1.18. The molecule has 134 valence electrons. The van der Waals surface area contributed by atoms with Crippen LogP contribution in [0.2, 0.25) is 0 Å². The molecule has 1 aliphatic carbocycles. The van der Waals surface area contributed by atoms with Gasteiger partial charge in [-0.25, -0.2) is 4.98 Å². The molecule has 3 aromatic rings. The summed E-state index contributed by atoms with van der Waals surface area (Å²) in [7, 11) is 0. The van der Waals surface area contributed by atoms with Crippen LogP contribution in [-0.4, -0.2) is 32.1 Å². The molecular weight excluding hydrogens is 330 g/mol. The van der Waals surface area contributed by atoms with Gasteiger partial charge in [-0.1, -0.05) is 35.5 Å². The third-order valence-electron chi connectivity index (χ3n) is 4.72. The molecule has 2 heterocycles. The number of rotatable bonds is 8. The van der Waals surface area contributed by atoms with Crippen LogP contribution in [0.1, 0.15) is 30.1 Å². The van der Waals surface area contributed by atoms with E-state index in [1.54, 1.807) is 12.5 Å². The van der Waals surface area contributed by atoms with Gasteiger partial charge >= 0.3 is 0 Å². The minimum absolute atomic E-state index is 0.0928. The Morgan fingerprint density at radius 2 is 2.12 bits per heavy atom. The molecule has 1 amide bonds. The van der Waals surface area contributed by atoms with Crippen LogP contribution in [0.25, 0.3) is 0 Å². The molecule has 7 nitrogen and oxygen atoms in total. The van der Waals surface area contributed by atoms with Crippen LogP contribution >= 0.6 is 0 Å². The fourth-order valence-corrected chi connectivity index (χ4v) is 3.05. The summed E-state index contributed by atoms with van der Waals surface area (Å²) in [4.78, 5) is 20.9. The SMILES string of the molecule is O=C(NCCc1nc(Cc2ccccc2)no1)C1(Cn2ccnc2)CC1. The monoisotopic (exact) mass is 351 g/mol. The van der Waals surface area contributed by atoms with Crippen LogP contribution in [-0.2, 0) is 24.2 Å². The topological polar surface area (TPSA) is 85.8 Å². The molecule has 0 bridgehead atoms. The van der Waals surface area contributed by atoms with Gasteiger partial charge in [-0.15, -0.1) is 0 Å². The van der Waals surface area contributed by atoms with Gasteiger partial charge in [-0.05, 0) is 18.4 Å². The van der Waals surface area contributed by atoms with E-state index in [1.165, 1.54) is 0 Å². The number of nitrogens with zero attached hydrogens (tertiary/aromatic N) is 4. The highest BCUT2D eigenvalue weighted by molar-refractivity contribution is 5.85. The number of hydrogen-bond acceptors (Lipinski definition) is 5. The van der Waals surface area contributed by atoms with E-state index in [4.69, 9.17) is 4.52 Å². The number of hydrogen-bond donors (Lipinski definition) is 1. The fourth-order valence-electron chi connectivity index (χ4n) is 3.05. The maximum absolute atomic E-state index is 12.5. The average Bonchev–Trinajstić information content (AvgIpc) is 3.03. The van der Waals surface area contributed by atoms with Crippen molar-refractivity contribution >= 4 is 5.91 Å². The predicted octanol–water partition coefficient (Wildman–Crippen LogP) is 2.00. The van der Waals surface area contributed by atoms with Gasteiger partial charge < -0.3 is 14.4 Å². The number of carbonyl (C=O) groups excluding carboxylic acids is 1. The quantitative estimate of drug-likeness (QED) is 0.671. The first-order valence-corrected chi connectivity index (χ1v) is 8.83. The number of imidazole rings is 1. The zero-order valence-corrected chi connectivity index (χ0v) is 14.5. The molecule has 1 aromatic carbocycles. The van der Waals surface area contributed by atoms with E-state index < -0.39 is 0 Å². The first-order chi connectivity index (χ1) is 12.7. The lowest BCUT2D eigenvalue weighted by Gasteiger charge is -2.15. The fraction of sp³-hybridized carbons (Fsp3) is 0.368. The Labute approximate surface area is 151 Å². The lowest BCUT2D eigenvalue weighted by molar-refractivity contribution is -0.126. The van der Waals surface area contributed by atoms with E-state index in [1.807, 2.05) is 41.1 Å². The van der Waals surface area contributed by atoms with Crippen molar-refractivity contribution in [1.82, 2.24) is 25.0 Å². The Bertz CT molecular complexity index is 853. The van der Waals surface area contributed by atoms with Gasteiger partial charge in [0, 0.05) is 38.3 Å². The standard InChI is InChI=1S/C19H21N5O2/c25-18(19(7-8-19)13-24-11-10-20-14-24)21-9-6-17-22-16(23-26-17)12-15-4-2-1-3-5-15/h1-5,10-11,14H,6-9,12-13H2,(H,21,25). The maximum atomic E-state index is 12.5. The summed E-state index contributed by atoms with van der Waals surface area (Å²) in [6.07, 6.45) is 8.38. The van der Waals surface area contributed by atoms with E-state index in [0.29, 0.717) is 37.6 Å². The summed E-state index contributed by atoms with van der Waals surface area (Å²) in [5, 5.41) is 7.02. The van der Waals surface area contributed by atoms with Gasteiger partial charge in [0.2, 0.25) is 11.8 Å². The van der Waals surface area contributed by atoms with Gasteiger partial charge in [0.1, 0.15) is 0 Å². The molecule has 4 rings (SSSR count). The highest BCUT2D eigenvalue weighted by Gasteiger charge is 2.49. The van der Waals surface area contributed by atoms with E-state index in [2.05, 4.69) is 20.4 Å². The van der Waals surface area contributed by atoms with E-state index in [9.17, 15) is 4.79 Å². The first-order valence-electron chi connectivity index (χ1n) is 8.83. The Balaban J connectivity index is 1.25. The second kappa shape index (κ2) is 7.11. The van der Waals surface area contributed by atoms with Crippen LogP contribution in [0.4, 0.5) is 0 Å². The van der Waals surface area contributed by atoms with Crippen molar-refractivity contribution in [1.29, 1.82) is 0 Å². The van der Waals surface area contributed by atoms with Gasteiger partial charge in [0.05, 0.1) is 11.7 Å². The van der Waals surface area contributed by atoms with Crippen molar-refractivity contribution in [3.63, 3.8) is 0 Å². The highest BCUT2D eigenvalue weighted by atomic mass is 16.5. The third-order valence-corrected chi connectivity index (χ3v) is 4.72. The summed E-state index contributed by atoms with van der Waals surface area (Å²) in [6, 6.07) is 10.0. The molecule has 1 aliphatic rings. The van der Waals surface area contributed by atoms with Gasteiger partial charge in [0.15, 0.2) is 5.82 Å². The molecule has 1 N–H and O–H groups in total. The molecule has 0 aliphatic heterocycles. The Kier molecular flexibility index (Phi) is 4.51. The Morgan fingerprint density at radius 3 is 2.85 bits per heavy atom. The first kappa shape index (κ1) is 16.5. The highest BCUT2D eigenvalue weighted by Crippen LogP contribution is 2.47. The molecule has 26 heavy (non-hydrogen) atoms. The van der Waals surface area contributed by atoms with Crippen molar-refractivity contribution < 1.29 is 9.32 Å². The second-order valence-corrected chi connectivity index (χ2v) is 6.79. The van der Waals surface area contributed by atoms with Crippen LogP contribution in [0.5, 0.6) is 0 Å². The van der Waals surface area contributed by atoms with Crippen molar-refractivity contribution in [2.45, 2.75) is 32.2 Å². The largest absolute Gasteiger partial charge is 0.355 e. The second-order valence-electron chi connectivity index (χ2n) is 6.79. The summed E-state index contributed by atoms with van der Waals surface area (Å²) in [5.74, 6) is 1.31. The Hall–Kier alpha value is -2.96. The molecule has 0 atom stereocenters. The smallest absolute Gasteiger partial charge is 0.228 e. The number of carbonyl (C=O) groups is 1. The van der Waals surface area contributed by atoms with E-state index >= 15 is 0 Å².